The van der Waals surface area contributed by atoms with Crippen molar-refractivity contribution in [3.8, 4) is 0 Å². The smallest absolute Gasteiger partial charge is 0.371 e. The van der Waals surface area contributed by atoms with Crippen LogP contribution in [-0.2, 0) is 4.74 Å². The van der Waals surface area contributed by atoms with Crippen molar-refractivity contribution in [2.24, 2.45) is 0 Å². The van der Waals surface area contributed by atoms with E-state index in [4.69, 9.17) is 14.3 Å². The summed E-state index contributed by atoms with van der Waals surface area (Å²) in [7, 11) is 0. The van der Waals surface area contributed by atoms with Crippen molar-refractivity contribution in [3.05, 3.63) is 17.9 Å². The molecule has 16 heavy (non-hydrogen) atoms. The first kappa shape index (κ1) is 11.0. The van der Waals surface area contributed by atoms with Gasteiger partial charge in [-0.3, -0.25) is 0 Å². The highest BCUT2D eigenvalue weighted by Gasteiger charge is 2.28. The van der Waals surface area contributed by atoms with Crippen molar-refractivity contribution in [1.82, 2.24) is 0 Å². The molecule has 2 N–H and O–H groups in total. The Kier molecular flexibility index (Phi) is 2.87. The van der Waals surface area contributed by atoms with Crippen LogP contribution in [-0.4, -0.2) is 29.8 Å². The third-order valence-corrected chi connectivity index (χ3v) is 2.84. The Morgan fingerprint density at radius 3 is 2.69 bits per heavy atom. The number of carboxylic acid groups (broad SMARTS) is 1. The van der Waals surface area contributed by atoms with E-state index in [1.54, 1.807) is 6.07 Å². The van der Waals surface area contributed by atoms with E-state index in [1.807, 2.05) is 0 Å². The van der Waals surface area contributed by atoms with Gasteiger partial charge in [-0.05, 0) is 25.8 Å². The van der Waals surface area contributed by atoms with E-state index in [-0.39, 0.29) is 11.3 Å². The van der Waals surface area contributed by atoms with Gasteiger partial charge in [0.25, 0.3) is 0 Å². The lowest BCUT2D eigenvalue weighted by Crippen LogP contribution is -2.40. The average Bonchev–Trinajstić information content (AvgIpc) is 2.66. The molecule has 1 fully saturated rings. The number of ether oxygens (including phenoxy) is 1. The molecular formula is C11H15NO4. The first-order valence-electron chi connectivity index (χ1n) is 5.28. The zero-order valence-electron chi connectivity index (χ0n) is 9.16. The number of anilines is 1. The molecule has 5 nitrogen and oxygen atoms in total. The van der Waals surface area contributed by atoms with E-state index in [1.165, 1.54) is 6.07 Å². The van der Waals surface area contributed by atoms with Crippen LogP contribution in [0.3, 0.4) is 0 Å². The number of furan rings is 1. The van der Waals surface area contributed by atoms with Gasteiger partial charge in [-0.15, -0.1) is 0 Å². The molecule has 0 atom stereocenters. The Labute approximate surface area is 93.4 Å². The molecule has 0 saturated carbocycles. The fraction of sp³-hybridized carbons (Fsp3) is 0.545. The monoisotopic (exact) mass is 225 g/mol. The van der Waals surface area contributed by atoms with Crippen LogP contribution in [0.15, 0.2) is 16.5 Å². The number of hydrogen-bond acceptors (Lipinski definition) is 4. The summed E-state index contributed by atoms with van der Waals surface area (Å²) >= 11 is 0. The van der Waals surface area contributed by atoms with Crippen LogP contribution >= 0.6 is 0 Å². The minimum absolute atomic E-state index is 0.0434. The summed E-state index contributed by atoms with van der Waals surface area (Å²) in [5.41, 5.74) is -0.0775. The summed E-state index contributed by atoms with van der Waals surface area (Å²) in [5.74, 6) is -0.592. The summed E-state index contributed by atoms with van der Waals surface area (Å²) < 4.78 is 10.4. The Morgan fingerprint density at radius 1 is 1.44 bits per heavy atom. The Balaban J connectivity index is 2.04. The molecule has 0 aliphatic carbocycles. The average molecular weight is 225 g/mol. The predicted octanol–water partition coefficient (Wildman–Crippen LogP) is 1.96. The highest BCUT2D eigenvalue weighted by Crippen LogP contribution is 2.26. The summed E-state index contributed by atoms with van der Waals surface area (Å²) in [6.45, 7) is 3.52. The minimum Gasteiger partial charge on any atom is -0.475 e. The van der Waals surface area contributed by atoms with Crippen molar-refractivity contribution in [3.63, 3.8) is 0 Å². The standard InChI is InChI=1S/C11H15NO4/c1-11(4-6-15-7-5-11)12-9-3-2-8(16-9)10(13)14/h2-3,12H,4-7H2,1H3,(H,13,14). The third kappa shape index (κ3) is 2.36. The number of hydrogen-bond donors (Lipinski definition) is 2. The fourth-order valence-corrected chi connectivity index (χ4v) is 1.76. The molecule has 2 heterocycles. The number of nitrogens with one attached hydrogen (secondary N) is 1. The van der Waals surface area contributed by atoms with Gasteiger partial charge in [0.2, 0.25) is 5.76 Å². The maximum Gasteiger partial charge on any atom is 0.371 e. The number of rotatable bonds is 3. The van der Waals surface area contributed by atoms with Gasteiger partial charge >= 0.3 is 5.97 Å². The van der Waals surface area contributed by atoms with Gasteiger partial charge in [-0.25, -0.2) is 4.79 Å². The summed E-state index contributed by atoms with van der Waals surface area (Å²) in [5, 5.41) is 11.9. The Hall–Kier alpha value is -1.49. The SMILES string of the molecule is CC1(Nc2ccc(C(=O)O)o2)CCOCC1. The number of aromatic carboxylic acids is 1. The predicted molar refractivity (Wildman–Crippen MR) is 57.7 cm³/mol. The molecule has 88 valence electrons. The van der Waals surface area contributed by atoms with Crippen LogP contribution in [0.2, 0.25) is 0 Å². The van der Waals surface area contributed by atoms with Crippen LogP contribution in [0.4, 0.5) is 5.88 Å². The zero-order chi connectivity index (χ0) is 11.6. The minimum atomic E-state index is -1.05. The summed E-state index contributed by atoms with van der Waals surface area (Å²) in [4.78, 5) is 10.6. The lowest BCUT2D eigenvalue weighted by molar-refractivity contribution is 0.0635. The van der Waals surface area contributed by atoms with Crippen molar-refractivity contribution >= 4 is 11.9 Å². The van der Waals surface area contributed by atoms with E-state index in [0.29, 0.717) is 5.88 Å². The Bertz CT molecular complexity index is 379. The summed E-state index contributed by atoms with van der Waals surface area (Å²) in [6, 6.07) is 3.09. The highest BCUT2D eigenvalue weighted by molar-refractivity contribution is 5.84. The lowest BCUT2D eigenvalue weighted by atomic mass is 9.93. The third-order valence-electron chi connectivity index (χ3n) is 2.84. The first-order valence-corrected chi connectivity index (χ1v) is 5.28. The molecule has 0 unspecified atom stereocenters. The van der Waals surface area contributed by atoms with Gasteiger partial charge in [0, 0.05) is 24.8 Å². The van der Waals surface area contributed by atoms with Gasteiger partial charge in [0.1, 0.15) is 0 Å². The molecule has 0 radical (unpaired) electrons. The maximum atomic E-state index is 10.6. The largest absolute Gasteiger partial charge is 0.475 e. The molecule has 0 aromatic carbocycles. The van der Waals surface area contributed by atoms with Crippen LogP contribution < -0.4 is 5.32 Å². The van der Waals surface area contributed by atoms with E-state index >= 15 is 0 Å². The van der Waals surface area contributed by atoms with E-state index in [2.05, 4.69) is 12.2 Å². The van der Waals surface area contributed by atoms with E-state index < -0.39 is 5.97 Å². The van der Waals surface area contributed by atoms with Crippen molar-refractivity contribution in [2.75, 3.05) is 18.5 Å². The van der Waals surface area contributed by atoms with Gasteiger partial charge < -0.3 is 19.6 Å². The highest BCUT2D eigenvalue weighted by atomic mass is 16.5. The quantitative estimate of drug-likeness (QED) is 0.822. The number of carbonyl (C=O) groups is 1. The van der Waals surface area contributed by atoms with Crippen molar-refractivity contribution in [1.29, 1.82) is 0 Å². The molecule has 2 rings (SSSR count). The Morgan fingerprint density at radius 2 is 2.12 bits per heavy atom. The maximum absolute atomic E-state index is 10.6. The molecular weight excluding hydrogens is 210 g/mol. The second-order valence-corrected chi connectivity index (χ2v) is 4.27. The number of carboxylic acids is 1. The van der Waals surface area contributed by atoms with Crippen molar-refractivity contribution in [2.45, 2.75) is 25.3 Å². The summed E-state index contributed by atoms with van der Waals surface area (Å²) in [6.07, 6.45) is 1.77. The molecule has 0 amide bonds. The zero-order valence-corrected chi connectivity index (χ0v) is 9.16. The first-order chi connectivity index (χ1) is 7.59. The van der Waals surface area contributed by atoms with Crippen LogP contribution in [0.25, 0.3) is 0 Å². The van der Waals surface area contributed by atoms with Gasteiger partial charge in [0.15, 0.2) is 5.88 Å². The molecule has 1 aromatic rings. The van der Waals surface area contributed by atoms with E-state index in [0.717, 1.165) is 26.1 Å². The second-order valence-electron chi connectivity index (χ2n) is 4.27. The molecule has 1 aliphatic rings. The fourth-order valence-electron chi connectivity index (χ4n) is 1.76. The van der Waals surface area contributed by atoms with Crippen molar-refractivity contribution < 1.29 is 19.1 Å². The molecule has 0 spiro atoms. The van der Waals surface area contributed by atoms with Gasteiger partial charge in [-0.2, -0.15) is 0 Å². The van der Waals surface area contributed by atoms with Crippen LogP contribution in [0.5, 0.6) is 0 Å². The normalized spacial score (nSPS) is 19.3. The topological polar surface area (TPSA) is 71.7 Å². The van der Waals surface area contributed by atoms with Crippen LogP contribution in [0.1, 0.15) is 30.3 Å². The molecule has 1 aromatic heterocycles. The lowest BCUT2D eigenvalue weighted by Gasteiger charge is -2.34. The van der Waals surface area contributed by atoms with Gasteiger partial charge in [-0.1, -0.05) is 0 Å². The molecule has 5 heteroatoms. The van der Waals surface area contributed by atoms with Crippen LogP contribution in [0, 0.1) is 0 Å². The molecule has 1 aliphatic heterocycles. The second kappa shape index (κ2) is 4.17. The van der Waals surface area contributed by atoms with Gasteiger partial charge in [0.05, 0.1) is 0 Å². The molecule has 1 saturated heterocycles. The molecule has 0 bridgehead atoms. The van der Waals surface area contributed by atoms with E-state index in [9.17, 15) is 4.79 Å².